The number of alkyl halides is 2. The Morgan fingerprint density at radius 3 is 2.53 bits per heavy atom. The molecule has 8 nitrogen and oxygen atoms in total. The average molecular weight is 469 g/mol. The highest BCUT2D eigenvalue weighted by Gasteiger charge is 2.48. The molecule has 0 aromatic rings. The van der Waals surface area contributed by atoms with Crippen LogP contribution < -0.4 is 15.7 Å². The number of amides is 1. The van der Waals surface area contributed by atoms with E-state index in [0.717, 1.165) is 0 Å². The number of ether oxygens (including phenoxy) is 1. The van der Waals surface area contributed by atoms with Crippen molar-refractivity contribution >= 4 is 27.5 Å². The first-order valence-corrected chi connectivity index (χ1v) is 12.8. The Morgan fingerprint density at radius 2 is 1.93 bits per heavy atom. The van der Waals surface area contributed by atoms with Crippen LogP contribution in [0.3, 0.4) is 0 Å². The molecule has 0 aromatic carbocycles. The van der Waals surface area contributed by atoms with Crippen molar-refractivity contribution in [3.63, 3.8) is 0 Å². The van der Waals surface area contributed by atoms with Gasteiger partial charge in [0.1, 0.15) is 6.17 Å². The Kier molecular flexibility index (Phi) is 8.01. The highest BCUT2D eigenvalue weighted by molar-refractivity contribution is 7.89. The van der Waals surface area contributed by atoms with Crippen LogP contribution in [0.2, 0.25) is 0 Å². The number of sulfonamides is 1. The van der Waals surface area contributed by atoms with Crippen LogP contribution in [-0.4, -0.2) is 69.0 Å². The number of carbonyl (C=O) groups excluding carboxylic acids is 1. The second-order valence-corrected chi connectivity index (χ2v) is 11.4. The van der Waals surface area contributed by atoms with Gasteiger partial charge in [0.2, 0.25) is 15.9 Å². The molecular weight excluding hydrogens is 435 g/mol. The quantitative estimate of drug-likeness (QED) is 0.400. The van der Waals surface area contributed by atoms with Crippen molar-refractivity contribution in [3.8, 4) is 0 Å². The first kappa shape index (κ1) is 24.1. The topological polar surface area (TPSA) is 99.8 Å². The van der Waals surface area contributed by atoms with Crippen LogP contribution in [0.25, 0.3) is 0 Å². The zero-order valence-electron chi connectivity index (χ0n) is 17.8. The number of hydrogen-bond donors (Lipinski definition) is 3. The molecule has 0 bridgehead atoms. The summed E-state index contributed by atoms with van der Waals surface area (Å²) in [6, 6.07) is 0.420. The van der Waals surface area contributed by atoms with Crippen molar-refractivity contribution in [3.05, 3.63) is 0 Å². The van der Waals surface area contributed by atoms with Crippen LogP contribution >= 0.6 is 11.6 Å². The van der Waals surface area contributed by atoms with E-state index in [4.69, 9.17) is 16.3 Å². The number of nitrogens with zero attached hydrogens (tertiary/aromatic N) is 1. The van der Waals surface area contributed by atoms with Crippen LogP contribution in [-0.2, 0) is 19.6 Å². The molecule has 2 saturated heterocycles. The lowest BCUT2D eigenvalue weighted by molar-refractivity contribution is -0.129. The highest BCUT2D eigenvalue weighted by atomic mass is 35.5. The van der Waals surface area contributed by atoms with E-state index < -0.39 is 33.4 Å². The van der Waals surface area contributed by atoms with Gasteiger partial charge in [-0.05, 0) is 57.3 Å². The van der Waals surface area contributed by atoms with Gasteiger partial charge in [0.25, 0.3) is 0 Å². The van der Waals surface area contributed by atoms with Crippen molar-refractivity contribution in [2.45, 2.75) is 63.2 Å². The number of nitrogens with one attached hydrogen (secondary N) is 3. The van der Waals surface area contributed by atoms with E-state index >= 15 is 0 Å². The molecule has 0 spiro atoms. The standard InChI is InChI=1S/C19H34ClFN4O4S/c1-11-17(12(2)25(3)23-11)14-8-15(18(21)16(20)9-14)19(26)22-24-30(27,28)10-13-4-6-29-7-5-13/h11-18,23-24H,4-10H2,1-3H3,(H,22,26). The van der Waals surface area contributed by atoms with Crippen LogP contribution in [0.4, 0.5) is 4.39 Å². The van der Waals surface area contributed by atoms with Gasteiger partial charge in [0.05, 0.1) is 17.0 Å². The monoisotopic (exact) mass is 468 g/mol. The van der Waals surface area contributed by atoms with E-state index in [2.05, 4.69) is 29.5 Å². The lowest BCUT2D eigenvalue weighted by atomic mass is 9.70. The maximum atomic E-state index is 14.8. The Morgan fingerprint density at radius 1 is 1.27 bits per heavy atom. The zero-order valence-corrected chi connectivity index (χ0v) is 19.4. The van der Waals surface area contributed by atoms with Crippen molar-refractivity contribution in [1.29, 1.82) is 0 Å². The fraction of sp³-hybridized carbons (Fsp3) is 0.947. The highest BCUT2D eigenvalue weighted by Crippen LogP contribution is 2.42. The van der Waals surface area contributed by atoms with Crippen LogP contribution in [0.5, 0.6) is 0 Å². The molecule has 0 radical (unpaired) electrons. The first-order valence-electron chi connectivity index (χ1n) is 10.7. The lowest BCUT2D eigenvalue weighted by Gasteiger charge is -2.39. The SMILES string of the molecule is CC1NN(C)C(C)C1C1CC(Cl)C(F)C(C(=O)NNS(=O)(=O)CC2CCOCC2)C1. The average Bonchev–Trinajstić information content (AvgIpc) is 2.94. The predicted octanol–water partition coefficient (Wildman–Crippen LogP) is 1.18. The maximum Gasteiger partial charge on any atom is 0.241 e. The molecule has 2 heterocycles. The Labute approximate surface area is 183 Å². The third kappa shape index (κ3) is 5.63. The minimum Gasteiger partial charge on any atom is -0.381 e. The minimum absolute atomic E-state index is 0.0109. The number of hydrogen-bond acceptors (Lipinski definition) is 6. The number of carbonyl (C=O) groups is 1. The van der Waals surface area contributed by atoms with E-state index in [1.165, 1.54) is 0 Å². The second kappa shape index (κ2) is 9.95. The minimum atomic E-state index is -3.71. The number of halogens is 2. The van der Waals surface area contributed by atoms with Crippen LogP contribution in [0.1, 0.15) is 39.5 Å². The van der Waals surface area contributed by atoms with E-state index in [1.807, 2.05) is 12.1 Å². The van der Waals surface area contributed by atoms with Crippen molar-refractivity contribution < 1.29 is 22.3 Å². The zero-order chi connectivity index (χ0) is 22.1. The van der Waals surface area contributed by atoms with Gasteiger partial charge in [-0.3, -0.25) is 15.6 Å². The Balaban J connectivity index is 1.59. The van der Waals surface area contributed by atoms with Crippen molar-refractivity contribution in [1.82, 2.24) is 20.7 Å². The summed E-state index contributed by atoms with van der Waals surface area (Å²) in [6.45, 7) is 5.26. The summed E-state index contributed by atoms with van der Waals surface area (Å²) < 4.78 is 44.7. The van der Waals surface area contributed by atoms with E-state index in [-0.39, 0.29) is 35.6 Å². The molecule has 1 amide bonds. The lowest BCUT2D eigenvalue weighted by Crippen LogP contribution is -2.52. The molecule has 3 aliphatic rings. The number of rotatable bonds is 6. The largest absolute Gasteiger partial charge is 0.381 e. The maximum absolute atomic E-state index is 14.8. The fourth-order valence-electron chi connectivity index (χ4n) is 5.28. The second-order valence-electron chi connectivity index (χ2n) is 9.07. The normalized spacial score (nSPS) is 39.2. The molecule has 7 atom stereocenters. The van der Waals surface area contributed by atoms with Gasteiger partial charge in [-0.25, -0.2) is 17.8 Å². The molecule has 7 unspecified atom stereocenters. The van der Waals surface area contributed by atoms with E-state index in [9.17, 15) is 17.6 Å². The molecule has 1 aliphatic carbocycles. The Bertz CT molecular complexity index is 709. The molecule has 3 fully saturated rings. The fourth-order valence-corrected chi connectivity index (χ4v) is 6.98. The molecular formula is C19H34ClFN4O4S. The summed E-state index contributed by atoms with van der Waals surface area (Å²) in [7, 11) is -1.74. The van der Waals surface area contributed by atoms with Gasteiger partial charge >= 0.3 is 0 Å². The van der Waals surface area contributed by atoms with Gasteiger partial charge in [-0.2, -0.15) is 0 Å². The van der Waals surface area contributed by atoms with Gasteiger partial charge in [0.15, 0.2) is 0 Å². The summed E-state index contributed by atoms with van der Waals surface area (Å²) >= 11 is 6.29. The van der Waals surface area contributed by atoms with Gasteiger partial charge in [-0.1, -0.05) is 0 Å². The third-order valence-electron chi connectivity index (χ3n) is 6.97. The Hall–Kier alpha value is -0.520. The van der Waals surface area contributed by atoms with Crippen LogP contribution in [0.15, 0.2) is 0 Å². The molecule has 3 rings (SSSR count). The molecule has 1 saturated carbocycles. The third-order valence-corrected chi connectivity index (χ3v) is 8.72. The van der Waals surface area contributed by atoms with Gasteiger partial charge in [-0.15, -0.1) is 16.4 Å². The summed E-state index contributed by atoms with van der Waals surface area (Å²) in [5, 5.41) is 1.27. The number of hydrazine groups is 2. The molecule has 174 valence electrons. The molecule has 11 heteroatoms. The van der Waals surface area contributed by atoms with Gasteiger partial charge in [0, 0.05) is 32.3 Å². The summed E-state index contributed by atoms with van der Waals surface area (Å²) in [5.74, 6) is -1.45. The van der Waals surface area contributed by atoms with E-state index in [1.54, 1.807) is 0 Å². The summed E-state index contributed by atoms with van der Waals surface area (Å²) in [4.78, 5) is 14.8. The van der Waals surface area contributed by atoms with Crippen molar-refractivity contribution in [2.24, 2.45) is 23.7 Å². The van der Waals surface area contributed by atoms with Crippen LogP contribution in [0, 0.1) is 23.7 Å². The van der Waals surface area contributed by atoms with E-state index in [0.29, 0.717) is 38.9 Å². The molecule has 0 aromatic heterocycles. The summed E-state index contributed by atoms with van der Waals surface area (Å²) in [6.07, 6.45) is 0.657. The smallest absolute Gasteiger partial charge is 0.241 e. The summed E-state index contributed by atoms with van der Waals surface area (Å²) in [5.41, 5.74) is 5.61. The first-order chi connectivity index (χ1) is 14.1. The molecule has 3 N–H and O–H groups in total. The van der Waals surface area contributed by atoms with Gasteiger partial charge < -0.3 is 4.74 Å². The molecule has 2 aliphatic heterocycles. The van der Waals surface area contributed by atoms with Crippen molar-refractivity contribution in [2.75, 3.05) is 26.0 Å². The predicted molar refractivity (Wildman–Crippen MR) is 113 cm³/mol. The molecule has 30 heavy (non-hydrogen) atoms.